The number of nitrogens with one attached hydrogen (secondary N) is 1. The standard InChI is InChI=1S/C18H22FN5O2S/c19-14-3-1-13(2-4-14)17-21-24(18(27)26-17)12-23-9-7-22(8-10-23)11-16(25)20-15-5-6-15/h1-4,15H,5-12H2,(H,20,25). The third-order valence-electron chi connectivity index (χ3n) is 4.81. The molecular formula is C18H22FN5O2S. The summed E-state index contributed by atoms with van der Waals surface area (Å²) in [4.78, 5) is 16.6. The Labute approximate surface area is 161 Å². The first-order chi connectivity index (χ1) is 13.1. The predicted octanol–water partition coefficient (Wildman–Crippen LogP) is 1.87. The number of rotatable bonds is 6. The van der Waals surface area contributed by atoms with Gasteiger partial charge in [0.05, 0.1) is 13.2 Å². The molecule has 1 saturated carbocycles. The lowest BCUT2D eigenvalue weighted by molar-refractivity contribution is -0.122. The number of halogens is 1. The van der Waals surface area contributed by atoms with Crippen LogP contribution in [0.15, 0.2) is 28.7 Å². The Morgan fingerprint density at radius 1 is 1.19 bits per heavy atom. The van der Waals surface area contributed by atoms with E-state index in [2.05, 4.69) is 20.2 Å². The second-order valence-electron chi connectivity index (χ2n) is 7.06. The first-order valence-corrected chi connectivity index (χ1v) is 9.55. The van der Waals surface area contributed by atoms with E-state index < -0.39 is 0 Å². The first kappa shape index (κ1) is 18.3. The van der Waals surface area contributed by atoms with Gasteiger partial charge in [-0.3, -0.25) is 14.6 Å². The summed E-state index contributed by atoms with van der Waals surface area (Å²) in [5.41, 5.74) is 0.688. The van der Waals surface area contributed by atoms with Crippen molar-refractivity contribution >= 4 is 18.1 Å². The Balaban J connectivity index is 1.30. The Morgan fingerprint density at radius 3 is 2.52 bits per heavy atom. The van der Waals surface area contributed by atoms with E-state index in [9.17, 15) is 9.18 Å². The number of hydrogen-bond acceptors (Lipinski definition) is 6. The number of piperazine rings is 1. The van der Waals surface area contributed by atoms with E-state index >= 15 is 0 Å². The molecule has 0 bridgehead atoms. The third-order valence-corrected chi connectivity index (χ3v) is 5.10. The summed E-state index contributed by atoms with van der Waals surface area (Å²) in [6, 6.07) is 6.37. The molecule has 7 nitrogen and oxygen atoms in total. The SMILES string of the molecule is O=C(CN1CCN(Cn2nc(-c3ccc(F)cc3)oc2=S)CC1)NC1CC1. The highest BCUT2D eigenvalue weighted by molar-refractivity contribution is 7.71. The van der Waals surface area contributed by atoms with E-state index in [1.165, 1.54) is 12.1 Å². The van der Waals surface area contributed by atoms with Gasteiger partial charge in [0.1, 0.15) is 5.82 Å². The quantitative estimate of drug-likeness (QED) is 0.759. The normalized spacial score (nSPS) is 18.6. The van der Waals surface area contributed by atoms with Crippen LogP contribution >= 0.6 is 12.2 Å². The minimum atomic E-state index is -0.305. The van der Waals surface area contributed by atoms with Gasteiger partial charge in [0.15, 0.2) is 0 Å². The zero-order valence-electron chi connectivity index (χ0n) is 14.9. The number of benzene rings is 1. The lowest BCUT2D eigenvalue weighted by Gasteiger charge is -2.33. The van der Waals surface area contributed by atoms with Crippen molar-refractivity contribution in [2.45, 2.75) is 25.6 Å². The van der Waals surface area contributed by atoms with E-state index in [-0.39, 0.29) is 11.7 Å². The van der Waals surface area contributed by atoms with Crippen molar-refractivity contribution in [3.63, 3.8) is 0 Å². The highest BCUT2D eigenvalue weighted by atomic mass is 32.1. The summed E-state index contributed by atoms with van der Waals surface area (Å²) >= 11 is 5.26. The zero-order valence-corrected chi connectivity index (χ0v) is 15.8. The molecule has 2 fully saturated rings. The van der Waals surface area contributed by atoms with Gasteiger partial charge in [-0.1, -0.05) is 0 Å². The number of carbonyl (C=O) groups excluding carboxylic acids is 1. The molecule has 0 unspecified atom stereocenters. The minimum Gasteiger partial charge on any atom is -0.409 e. The van der Waals surface area contributed by atoms with Gasteiger partial charge < -0.3 is 9.73 Å². The lowest BCUT2D eigenvalue weighted by atomic mass is 10.2. The van der Waals surface area contributed by atoms with Crippen molar-refractivity contribution in [3.05, 3.63) is 34.9 Å². The van der Waals surface area contributed by atoms with Crippen LogP contribution in [0.1, 0.15) is 12.8 Å². The Bertz CT molecular complexity index is 853. The van der Waals surface area contributed by atoms with Gasteiger partial charge in [-0.05, 0) is 49.3 Å². The van der Waals surface area contributed by atoms with Crippen molar-refractivity contribution in [2.24, 2.45) is 0 Å². The van der Waals surface area contributed by atoms with E-state index in [4.69, 9.17) is 16.6 Å². The Morgan fingerprint density at radius 2 is 1.85 bits per heavy atom. The van der Waals surface area contributed by atoms with Gasteiger partial charge >= 0.3 is 0 Å². The Kier molecular flexibility index (Phi) is 5.33. The average molecular weight is 391 g/mol. The van der Waals surface area contributed by atoms with Crippen LogP contribution in [0.3, 0.4) is 0 Å². The molecule has 4 rings (SSSR count). The van der Waals surface area contributed by atoms with Crippen molar-refractivity contribution < 1.29 is 13.6 Å². The fourth-order valence-corrected chi connectivity index (χ4v) is 3.26. The molecule has 1 aliphatic heterocycles. The van der Waals surface area contributed by atoms with E-state index in [0.29, 0.717) is 35.5 Å². The first-order valence-electron chi connectivity index (χ1n) is 9.15. The predicted molar refractivity (Wildman–Crippen MR) is 99.9 cm³/mol. The number of nitrogens with zero attached hydrogens (tertiary/aromatic N) is 4. The van der Waals surface area contributed by atoms with Gasteiger partial charge in [0.25, 0.3) is 4.84 Å². The molecular weight excluding hydrogens is 369 g/mol. The molecule has 2 aromatic rings. The van der Waals surface area contributed by atoms with Crippen LogP contribution < -0.4 is 5.32 Å². The summed E-state index contributed by atoms with van der Waals surface area (Å²) in [5, 5.41) is 7.44. The molecule has 9 heteroatoms. The van der Waals surface area contributed by atoms with Crippen LogP contribution in [-0.4, -0.2) is 64.3 Å². The minimum absolute atomic E-state index is 0.119. The summed E-state index contributed by atoms with van der Waals surface area (Å²) in [7, 11) is 0. The number of hydrogen-bond donors (Lipinski definition) is 1. The van der Waals surface area contributed by atoms with E-state index in [1.54, 1.807) is 16.8 Å². The molecule has 1 aliphatic carbocycles. The molecule has 1 amide bonds. The van der Waals surface area contributed by atoms with Gasteiger partial charge in [-0.15, -0.1) is 5.10 Å². The number of amides is 1. The van der Waals surface area contributed by atoms with Crippen molar-refractivity contribution in [1.29, 1.82) is 0 Å². The maximum atomic E-state index is 13.1. The van der Waals surface area contributed by atoms with Gasteiger partial charge in [0, 0.05) is 37.8 Å². The maximum Gasteiger partial charge on any atom is 0.288 e. The molecule has 0 spiro atoms. The highest BCUT2D eigenvalue weighted by Gasteiger charge is 2.25. The van der Waals surface area contributed by atoms with Gasteiger partial charge in [0.2, 0.25) is 11.8 Å². The second kappa shape index (κ2) is 7.87. The van der Waals surface area contributed by atoms with Crippen molar-refractivity contribution in [2.75, 3.05) is 32.7 Å². The van der Waals surface area contributed by atoms with Gasteiger partial charge in [-0.2, -0.15) is 0 Å². The highest BCUT2D eigenvalue weighted by Crippen LogP contribution is 2.19. The van der Waals surface area contributed by atoms with Crippen LogP contribution in [0.5, 0.6) is 0 Å². The average Bonchev–Trinajstić information content (AvgIpc) is 3.39. The van der Waals surface area contributed by atoms with Crippen LogP contribution in [0, 0.1) is 10.7 Å². The number of carbonyl (C=O) groups is 1. The molecule has 1 aromatic heterocycles. The zero-order chi connectivity index (χ0) is 18.8. The van der Waals surface area contributed by atoms with E-state index in [0.717, 1.165) is 39.0 Å². The summed E-state index contributed by atoms with van der Waals surface area (Å²) in [6.07, 6.45) is 2.22. The van der Waals surface area contributed by atoms with Crippen LogP contribution in [0.25, 0.3) is 11.5 Å². The molecule has 1 N–H and O–H groups in total. The lowest BCUT2D eigenvalue weighted by Crippen LogP contribution is -2.49. The summed E-state index contributed by atoms with van der Waals surface area (Å²) < 4.78 is 20.3. The molecule has 144 valence electrons. The fourth-order valence-electron chi connectivity index (χ4n) is 3.09. The van der Waals surface area contributed by atoms with Gasteiger partial charge in [-0.25, -0.2) is 9.07 Å². The monoisotopic (exact) mass is 391 g/mol. The smallest absolute Gasteiger partial charge is 0.288 e. The fraction of sp³-hybridized carbons (Fsp3) is 0.500. The molecule has 1 saturated heterocycles. The van der Waals surface area contributed by atoms with Crippen LogP contribution in [0.4, 0.5) is 4.39 Å². The van der Waals surface area contributed by atoms with Crippen LogP contribution in [-0.2, 0) is 11.5 Å². The summed E-state index contributed by atoms with van der Waals surface area (Å²) in [5.74, 6) is 0.199. The van der Waals surface area contributed by atoms with Crippen molar-refractivity contribution in [1.82, 2.24) is 24.9 Å². The molecule has 0 atom stereocenters. The molecule has 2 aliphatic rings. The third kappa shape index (κ3) is 4.79. The molecule has 1 aromatic carbocycles. The Hall–Kier alpha value is -2.10. The summed E-state index contributed by atoms with van der Waals surface area (Å²) in [6.45, 7) is 4.31. The largest absolute Gasteiger partial charge is 0.409 e. The molecule has 0 radical (unpaired) electrons. The van der Waals surface area contributed by atoms with Crippen LogP contribution in [0.2, 0.25) is 0 Å². The number of aromatic nitrogens is 2. The molecule has 2 heterocycles. The maximum absolute atomic E-state index is 13.1. The van der Waals surface area contributed by atoms with Crippen molar-refractivity contribution in [3.8, 4) is 11.5 Å². The van der Waals surface area contributed by atoms with E-state index in [1.807, 2.05) is 0 Å². The second-order valence-corrected chi connectivity index (χ2v) is 7.41. The topological polar surface area (TPSA) is 66.5 Å². The molecule has 27 heavy (non-hydrogen) atoms.